The van der Waals surface area contributed by atoms with Crippen LogP contribution in [0.3, 0.4) is 0 Å². The summed E-state index contributed by atoms with van der Waals surface area (Å²) in [7, 11) is 0. The lowest BCUT2D eigenvalue weighted by molar-refractivity contribution is 0.569. The zero-order valence-corrected chi connectivity index (χ0v) is 15.4. The Kier molecular flexibility index (Phi) is 4.37. The second kappa shape index (κ2) is 6.67. The van der Waals surface area contributed by atoms with Crippen molar-refractivity contribution in [2.24, 2.45) is 4.99 Å². The van der Waals surface area contributed by atoms with Gasteiger partial charge in [0.1, 0.15) is 13.3 Å². The van der Waals surface area contributed by atoms with Crippen molar-refractivity contribution in [2.45, 2.75) is 6.67 Å². The number of fused-ring (bicyclic) bond motifs is 1. The molecule has 4 nitrogen and oxygen atoms in total. The highest BCUT2D eigenvalue weighted by molar-refractivity contribution is 7.07. The van der Waals surface area contributed by atoms with Gasteiger partial charge in [-0.2, -0.15) is 0 Å². The van der Waals surface area contributed by atoms with E-state index in [1.807, 2.05) is 59.5 Å². The molecule has 0 saturated heterocycles. The van der Waals surface area contributed by atoms with Crippen molar-refractivity contribution in [1.29, 1.82) is 0 Å². The van der Waals surface area contributed by atoms with E-state index in [4.69, 9.17) is 23.2 Å². The number of benzene rings is 2. The Morgan fingerprint density at radius 3 is 2.64 bits per heavy atom. The van der Waals surface area contributed by atoms with Gasteiger partial charge in [-0.05, 0) is 48.0 Å². The van der Waals surface area contributed by atoms with Crippen molar-refractivity contribution in [3.8, 4) is 0 Å². The summed E-state index contributed by atoms with van der Waals surface area (Å²) in [4.78, 5) is 20.0. The highest BCUT2D eigenvalue weighted by Crippen LogP contribution is 2.19. The quantitative estimate of drug-likeness (QED) is 0.675. The van der Waals surface area contributed by atoms with Gasteiger partial charge in [-0.25, -0.2) is 4.99 Å². The molecule has 25 heavy (non-hydrogen) atoms. The first-order valence-electron chi connectivity index (χ1n) is 7.62. The molecule has 2 aromatic carbocycles. The van der Waals surface area contributed by atoms with Gasteiger partial charge < -0.3 is 4.90 Å². The Balaban J connectivity index is 1.71. The minimum Gasteiger partial charge on any atom is -0.334 e. The van der Waals surface area contributed by atoms with Crippen LogP contribution >= 0.6 is 34.5 Å². The van der Waals surface area contributed by atoms with E-state index in [1.165, 1.54) is 11.3 Å². The largest absolute Gasteiger partial charge is 0.334 e. The lowest BCUT2D eigenvalue weighted by atomic mass is 10.2. The summed E-state index contributed by atoms with van der Waals surface area (Å²) >= 11 is 13.4. The molecule has 7 heteroatoms. The molecule has 0 radical (unpaired) electrons. The van der Waals surface area contributed by atoms with Gasteiger partial charge in [-0.1, -0.05) is 46.7 Å². The summed E-state index contributed by atoms with van der Waals surface area (Å²) in [6, 6.07) is 15.0. The molecule has 0 N–H and O–H groups in total. The number of rotatable bonds is 2. The van der Waals surface area contributed by atoms with E-state index in [0.717, 1.165) is 16.1 Å². The maximum atomic E-state index is 12.7. The smallest absolute Gasteiger partial charge is 0.271 e. The Hall–Kier alpha value is -2.08. The van der Waals surface area contributed by atoms with Gasteiger partial charge in [0.05, 0.1) is 4.53 Å². The summed E-state index contributed by atoms with van der Waals surface area (Å²) in [5.74, 6) is 0. The monoisotopic (exact) mass is 389 g/mol. The van der Waals surface area contributed by atoms with Crippen LogP contribution in [0.5, 0.6) is 0 Å². The zero-order valence-electron chi connectivity index (χ0n) is 13.0. The lowest BCUT2D eigenvalue weighted by Gasteiger charge is -2.25. The number of hydrogen-bond donors (Lipinski definition) is 0. The van der Waals surface area contributed by atoms with Crippen molar-refractivity contribution >= 4 is 46.3 Å². The third-order valence-corrected chi connectivity index (χ3v) is 5.45. The van der Waals surface area contributed by atoms with E-state index in [1.54, 1.807) is 4.57 Å². The van der Waals surface area contributed by atoms with Crippen LogP contribution in [-0.4, -0.2) is 11.2 Å². The van der Waals surface area contributed by atoms with Crippen molar-refractivity contribution in [3.05, 3.63) is 83.8 Å². The third kappa shape index (κ3) is 3.35. The third-order valence-electron chi connectivity index (χ3n) is 3.92. The minimum atomic E-state index is -0.0395. The normalized spacial score (nSPS) is 14.3. The van der Waals surface area contributed by atoms with Crippen LogP contribution in [0.25, 0.3) is 6.08 Å². The first kappa shape index (κ1) is 16.4. The molecule has 1 aromatic heterocycles. The first-order chi connectivity index (χ1) is 12.1. The molecule has 2 heterocycles. The Morgan fingerprint density at radius 1 is 1.08 bits per heavy atom. The summed E-state index contributed by atoms with van der Waals surface area (Å²) in [5, 5.41) is 1.33. The number of aromatic nitrogens is 1. The fourth-order valence-corrected chi connectivity index (χ4v) is 3.96. The summed E-state index contributed by atoms with van der Waals surface area (Å²) < 4.78 is 2.35. The van der Waals surface area contributed by atoms with E-state index in [2.05, 4.69) is 4.99 Å². The van der Waals surface area contributed by atoms with Crippen molar-refractivity contribution < 1.29 is 0 Å². The average Bonchev–Trinajstić information content (AvgIpc) is 2.91. The fraction of sp³-hybridized carbons (Fsp3) is 0.111. The number of anilines is 1. The number of halogens is 2. The summed E-state index contributed by atoms with van der Waals surface area (Å²) in [6.07, 6.45) is 1.85. The molecule has 0 aliphatic carbocycles. The lowest BCUT2D eigenvalue weighted by Crippen LogP contribution is -2.42. The number of nitrogens with zero attached hydrogens (tertiary/aromatic N) is 3. The van der Waals surface area contributed by atoms with Crippen LogP contribution in [0.4, 0.5) is 5.69 Å². The van der Waals surface area contributed by atoms with Crippen LogP contribution in [0.1, 0.15) is 5.56 Å². The highest BCUT2D eigenvalue weighted by atomic mass is 35.5. The summed E-state index contributed by atoms with van der Waals surface area (Å²) in [6.45, 7) is 0.984. The van der Waals surface area contributed by atoms with Crippen molar-refractivity contribution in [3.63, 3.8) is 0 Å². The standard InChI is InChI=1S/C18H13Cl2N3OS/c19-13-4-6-15(7-5-13)22-10-21-18-23(11-22)17(24)16(25-18)9-12-2-1-3-14(20)8-12/h1-9H,10-11H2. The second-order valence-corrected chi connectivity index (χ2v) is 7.52. The van der Waals surface area contributed by atoms with Crippen LogP contribution in [0.15, 0.2) is 58.3 Å². The fourth-order valence-electron chi connectivity index (χ4n) is 2.67. The van der Waals surface area contributed by atoms with Gasteiger partial charge in [0, 0.05) is 15.7 Å². The maximum Gasteiger partial charge on any atom is 0.271 e. The van der Waals surface area contributed by atoms with Crippen LogP contribution < -0.4 is 19.8 Å². The van der Waals surface area contributed by atoms with Gasteiger partial charge in [0.15, 0.2) is 4.80 Å². The van der Waals surface area contributed by atoms with Crippen molar-refractivity contribution in [2.75, 3.05) is 11.6 Å². The second-order valence-electron chi connectivity index (χ2n) is 5.64. The van der Waals surface area contributed by atoms with Crippen molar-refractivity contribution in [1.82, 2.24) is 4.57 Å². The predicted octanol–water partition coefficient (Wildman–Crippen LogP) is 3.10. The molecule has 0 unspecified atom stereocenters. The molecular weight excluding hydrogens is 377 g/mol. The molecule has 0 amide bonds. The van der Waals surface area contributed by atoms with E-state index in [0.29, 0.717) is 27.9 Å². The highest BCUT2D eigenvalue weighted by Gasteiger charge is 2.15. The predicted molar refractivity (Wildman–Crippen MR) is 103 cm³/mol. The molecule has 0 fully saturated rings. The Morgan fingerprint density at radius 2 is 1.88 bits per heavy atom. The van der Waals surface area contributed by atoms with E-state index >= 15 is 0 Å². The number of thiazole rings is 1. The van der Waals surface area contributed by atoms with E-state index in [-0.39, 0.29) is 5.56 Å². The first-order valence-corrected chi connectivity index (χ1v) is 9.19. The molecule has 0 spiro atoms. The topological polar surface area (TPSA) is 37.6 Å². The molecule has 0 bridgehead atoms. The van der Waals surface area contributed by atoms with Gasteiger partial charge in [-0.3, -0.25) is 9.36 Å². The van der Waals surface area contributed by atoms with E-state index < -0.39 is 0 Å². The Bertz CT molecular complexity index is 1100. The molecular formula is C18H13Cl2N3OS. The van der Waals surface area contributed by atoms with Gasteiger partial charge in [0.2, 0.25) is 0 Å². The molecule has 1 aliphatic heterocycles. The Labute approximate surface area is 157 Å². The van der Waals surface area contributed by atoms with Gasteiger partial charge >= 0.3 is 0 Å². The van der Waals surface area contributed by atoms with Crippen LogP contribution in [0, 0.1) is 0 Å². The molecule has 0 saturated carbocycles. The average molecular weight is 390 g/mol. The number of hydrogen-bond acceptors (Lipinski definition) is 4. The molecule has 126 valence electrons. The molecule has 3 aromatic rings. The van der Waals surface area contributed by atoms with Crippen LogP contribution in [0.2, 0.25) is 10.0 Å². The molecule has 4 rings (SSSR count). The molecule has 1 aliphatic rings. The SMILES string of the molecule is O=c1c(=Cc2cccc(Cl)c2)sc2n1CN(c1ccc(Cl)cc1)CN=2. The van der Waals surface area contributed by atoms with Gasteiger partial charge in [0.25, 0.3) is 5.56 Å². The van der Waals surface area contributed by atoms with Gasteiger partial charge in [-0.15, -0.1) is 0 Å². The van der Waals surface area contributed by atoms with Crippen LogP contribution in [-0.2, 0) is 6.67 Å². The maximum absolute atomic E-state index is 12.7. The molecule has 0 atom stereocenters. The zero-order chi connectivity index (χ0) is 17.4. The minimum absolute atomic E-state index is 0.0395. The summed E-state index contributed by atoms with van der Waals surface area (Å²) in [5.41, 5.74) is 1.85. The van der Waals surface area contributed by atoms with E-state index in [9.17, 15) is 4.79 Å².